The fourth-order valence-electron chi connectivity index (χ4n) is 3.90. The Bertz CT molecular complexity index is 874. The van der Waals surface area contributed by atoms with Crippen molar-refractivity contribution >= 4 is 35.1 Å². The maximum absolute atomic E-state index is 12.5. The second kappa shape index (κ2) is 8.17. The smallest absolute Gasteiger partial charge is 0.243 e. The molecule has 27 heavy (non-hydrogen) atoms. The van der Waals surface area contributed by atoms with Gasteiger partial charge in [-0.3, -0.25) is 9.59 Å². The third-order valence-electron chi connectivity index (χ3n) is 5.28. The van der Waals surface area contributed by atoms with Gasteiger partial charge < -0.3 is 5.32 Å². The number of carbonyl (C=O) groups is 2. The number of nitrogens with one attached hydrogen (secondary N) is 1. The Hall–Kier alpha value is -2.28. The summed E-state index contributed by atoms with van der Waals surface area (Å²) in [5, 5.41) is 23.0. The predicted molar refractivity (Wildman–Crippen MR) is 104 cm³/mol. The van der Waals surface area contributed by atoms with Crippen LogP contribution in [-0.2, 0) is 4.79 Å². The van der Waals surface area contributed by atoms with Crippen LogP contribution in [0.4, 0.5) is 0 Å². The third-order valence-corrected chi connectivity index (χ3v) is 6.53. The summed E-state index contributed by atoms with van der Waals surface area (Å²) >= 11 is 7.00. The van der Waals surface area contributed by atoms with E-state index in [4.69, 9.17) is 11.6 Å². The molecule has 1 saturated carbocycles. The minimum atomic E-state index is -0.858. The molecule has 1 aliphatic carbocycles. The second-order valence-corrected chi connectivity index (χ2v) is 8.22. The molecule has 1 N–H and O–H groups in total. The normalized spacial score (nSPS) is 21.3. The molecule has 3 rings (SSSR count). The highest BCUT2D eigenvalue weighted by Crippen LogP contribution is 2.51. The highest BCUT2D eigenvalue weighted by molar-refractivity contribution is 8.03. The number of benzene rings is 1. The Labute approximate surface area is 167 Å². The van der Waals surface area contributed by atoms with Crippen LogP contribution < -0.4 is 5.32 Å². The summed E-state index contributed by atoms with van der Waals surface area (Å²) in [6, 6.07) is 10.9. The van der Waals surface area contributed by atoms with Gasteiger partial charge in [-0.15, -0.1) is 0 Å². The van der Waals surface area contributed by atoms with Crippen LogP contribution in [0, 0.1) is 34.0 Å². The first-order valence-corrected chi connectivity index (χ1v) is 10.1. The van der Waals surface area contributed by atoms with E-state index in [9.17, 15) is 20.1 Å². The number of amides is 1. The molecule has 5 nitrogen and oxygen atoms in total. The van der Waals surface area contributed by atoms with E-state index in [-0.39, 0.29) is 17.4 Å². The molecule has 2 aliphatic rings. The van der Waals surface area contributed by atoms with Gasteiger partial charge in [-0.05, 0) is 37.1 Å². The number of halogens is 1. The zero-order valence-electron chi connectivity index (χ0n) is 14.6. The van der Waals surface area contributed by atoms with Crippen LogP contribution in [0.25, 0.3) is 0 Å². The summed E-state index contributed by atoms with van der Waals surface area (Å²) < 4.78 is 0. The Morgan fingerprint density at radius 2 is 1.89 bits per heavy atom. The average Bonchev–Trinajstić information content (AvgIpc) is 2.67. The SMILES string of the molecule is N#CC1=C(SCC(=O)c2ccc(Cl)cc2)NC(=O)[C@@H](C#N)C12CCCCC2. The van der Waals surface area contributed by atoms with Gasteiger partial charge >= 0.3 is 0 Å². The van der Waals surface area contributed by atoms with Gasteiger partial charge in [-0.1, -0.05) is 42.6 Å². The topological polar surface area (TPSA) is 93.8 Å². The van der Waals surface area contributed by atoms with E-state index in [2.05, 4.69) is 17.5 Å². The monoisotopic (exact) mass is 399 g/mol. The number of nitriles is 2. The number of rotatable bonds is 4. The van der Waals surface area contributed by atoms with Crippen molar-refractivity contribution in [2.45, 2.75) is 32.1 Å². The van der Waals surface area contributed by atoms with E-state index < -0.39 is 11.3 Å². The van der Waals surface area contributed by atoms with Gasteiger partial charge in [0.25, 0.3) is 0 Å². The number of Topliss-reactive ketones (excluding diaryl/α,β-unsaturated/α-hetero) is 1. The lowest BCUT2D eigenvalue weighted by Crippen LogP contribution is -2.48. The first kappa shape index (κ1) is 19.5. The molecular weight excluding hydrogens is 382 g/mol. The van der Waals surface area contributed by atoms with Crippen molar-refractivity contribution in [3.8, 4) is 12.1 Å². The quantitative estimate of drug-likeness (QED) is 0.765. The first-order valence-electron chi connectivity index (χ1n) is 8.79. The summed E-state index contributed by atoms with van der Waals surface area (Å²) in [7, 11) is 0. The number of ketones is 1. The molecule has 1 aromatic carbocycles. The second-order valence-electron chi connectivity index (χ2n) is 6.80. The first-order chi connectivity index (χ1) is 13.0. The molecule has 1 aromatic rings. The van der Waals surface area contributed by atoms with E-state index in [1.165, 1.54) is 0 Å². The molecule has 1 amide bonds. The Balaban J connectivity index is 1.87. The number of hydrogen-bond acceptors (Lipinski definition) is 5. The van der Waals surface area contributed by atoms with Crippen LogP contribution in [0.15, 0.2) is 34.9 Å². The van der Waals surface area contributed by atoms with Crippen molar-refractivity contribution in [1.82, 2.24) is 5.32 Å². The standard InChI is InChI=1S/C20H18ClN3O2S/c21-14-6-4-13(5-7-14)17(25)12-27-19-16(11-23)20(8-2-1-3-9-20)15(10-22)18(26)24-19/h4-7,15H,1-3,8-9,12H2,(H,24,26)/t15-/m1/s1. The Morgan fingerprint density at radius 1 is 1.22 bits per heavy atom. The maximum Gasteiger partial charge on any atom is 0.243 e. The lowest BCUT2D eigenvalue weighted by molar-refractivity contribution is -0.126. The van der Waals surface area contributed by atoms with E-state index >= 15 is 0 Å². The van der Waals surface area contributed by atoms with E-state index in [0.717, 1.165) is 31.0 Å². The third kappa shape index (κ3) is 3.74. The number of allylic oxidation sites excluding steroid dienone is 1. The summed E-state index contributed by atoms with van der Waals surface area (Å²) in [6.07, 6.45) is 4.11. The van der Waals surface area contributed by atoms with Gasteiger partial charge in [-0.25, -0.2) is 0 Å². The van der Waals surface area contributed by atoms with Gasteiger partial charge in [0, 0.05) is 16.0 Å². The lowest BCUT2D eigenvalue weighted by Gasteiger charge is -2.43. The largest absolute Gasteiger partial charge is 0.319 e. The van der Waals surface area contributed by atoms with Gasteiger partial charge in [0.15, 0.2) is 5.78 Å². The minimum Gasteiger partial charge on any atom is -0.319 e. The molecule has 138 valence electrons. The fraction of sp³-hybridized carbons (Fsp3) is 0.400. The molecule has 7 heteroatoms. The molecule has 0 radical (unpaired) electrons. The molecule has 0 saturated heterocycles. The Kier molecular flexibility index (Phi) is 5.89. The number of hydrogen-bond donors (Lipinski definition) is 1. The summed E-state index contributed by atoms with van der Waals surface area (Å²) in [4.78, 5) is 25.0. The van der Waals surface area contributed by atoms with Crippen LogP contribution in [0.1, 0.15) is 42.5 Å². The van der Waals surface area contributed by atoms with Gasteiger partial charge in [-0.2, -0.15) is 10.5 Å². The van der Waals surface area contributed by atoms with Gasteiger partial charge in [0.2, 0.25) is 5.91 Å². The summed E-state index contributed by atoms with van der Waals surface area (Å²) in [5.74, 6) is -1.25. The van der Waals surface area contributed by atoms with Crippen molar-refractivity contribution < 1.29 is 9.59 Å². The maximum atomic E-state index is 12.5. The molecule has 0 unspecified atom stereocenters. The highest BCUT2D eigenvalue weighted by Gasteiger charge is 2.51. The van der Waals surface area contributed by atoms with E-state index in [0.29, 0.717) is 34.0 Å². The van der Waals surface area contributed by atoms with Crippen LogP contribution in [0.2, 0.25) is 5.02 Å². The van der Waals surface area contributed by atoms with Crippen molar-refractivity contribution in [2.24, 2.45) is 11.3 Å². The molecule has 0 aromatic heterocycles. The zero-order valence-corrected chi connectivity index (χ0v) is 16.2. The van der Waals surface area contributed by atoms with Crippen LogP contribution in [0.5, 0.6) is 0 Å². The average molecular weight is 400 g/mol. The highest BCUT2D eigenvalue weighted by atomic mass is 35.5. The van der Waals surface area contributed by atoms with Crippen molar-refractivity contribution in [2.75, 3.05) is 5.75 Å². The molecule has 1 atom stereocenters. The van der Waals surface area contributed by atoms with Crippen molar-refractivity contribution in [3.05, 3.63) is 45.5 Å². The molecule has 0 bridgehead atoms. The minimum absolute atomic E-state index is 0.0930. The summed E-state index contributed by atoms with van der Waals surface area (Å²) in [5.41, 5.74) is 0.244. The lowest BCUT2D eigenvalue weighted by atomic mass is 9.61. The van der Waals surface area contributed by atoms with E-state index in [1.54, 1.807) is 24.3 Å². The predicted octanol–water partition coefficient (Wildman–Crippen LogP) is 4.21. The number of thioether (sulfide) groups is 1. The molecule has 1 fully saturated rings. The Morgan fingerprint density at radius 3 is 2.48 bits per heavy atom. The van der Waals surface area contributed by atoms with Crippen LogP contribution >= 0.6 is 23.4 Å². The zero-order chi connectivity index (χ0) is 19.4. The van der Waals surface area contributed by atoms with Gasteiger partial charge in [0.05, 0.1) is 28.5 Å². The van der Waals surface area contributed by atoms with E-state index in [1.807, 2.05) is 0 Å². The fourth-order valence-corrected chi connectivity index (χ4v) is 5.03. The van der Waals surface area contributed by atoms with Crippen LogP contribution in [0.3, 0.4) is 0 Å². The molecule has 1 heterocycles. The molecule has 1 aliphatic heterocycles. The van der Waals surface area contributed by atoms with Crippen LogP contribution in [-0.4, -0.2) is 17.4 Å². The van der Waals surface area contributed by atoms with Crippen molar-refractivity contribution in [3.63, 3.8) is 0 Å². The van der Waals surface area contributed by atoms with Gasteiger partial charge in [0.1, 0.15) is 5.92 Å². The van der Waals surface area contributed by atoms with Crippen molar-refractivity contribution in [1.29, 1.82) is 10.5 Å². The molecular formula is C20H18ClN3O2S. The number of nitrogens with zero attached hydrogens (tertiary/aromatic N) is 2. The summed E-state index contributed by atoms with van der Waals surface area (Å²) in [6.45, 7) is 0. The molecule has 1 spiro atoms. The number of carbonyl (C=O) groups excluding carboxylic acids is 2.